The normalized spacial score (nSPS) is 10.6. The Morgan fingerprint density at radius 1 is 1.05 bits per heavy atom. The summed E-state index contributed by atoms with van der Waals surface area (Å²) in [6.45, 7) is 0. The third kappa shape index (κ3) is 3.12. The number of nitro groups is 1. The molecule has 0 unspecified atom stereocenters. The summed E-state index contributed by atoms with van der Waals surface area (Å²) in [5, 5.41) is 19.2. The first-order valence-electron chi connectivity index (χ1n) is 6.43. The van der Waals surface area contributed by atoms with Crippen molar-refractivity contribution in [1.29, 1.82) is 0 Å². The quantitative estimate of drug-likeness (QED) is 0.539. The Morgan fingerprint density at radius 3 is 2.36 bits per heavy atom. The van der Waals surface area contributed by atoms with E-state index in [0.29, 0.717) is 23.2 Å². The summed E-state index contributed by atoms with van der Waals surface area (Å²) in [6.07, 6.45) is 0.415. The predicted octanol–water partition coefficient (Wildman–Crippen LogP) is 3.89. The largest absolute Gasteiger partial charge is 0.420 e. The number of rotatable bonds is 4. The molecule has 3 rings (SSSR count). The molecule has 0 fully saturated rings. The average Bonchev–Trinajstić information content (AvgIpc) is 2.97. The molecule has 6 nitrogen and oxygen atoms in total. The van der Waals surface area contributed by atoms with Gasteiger partial charge in [0.15, 0.2) is 0 Å². The fourth-order valence-electron chi connectivity index (χ4n) is 1.94. The molecule has 22 heavy (non-hydrogen) atoms. The lowest BCUT2D eigenvalue weighted by atomic mass is 10.1. The number of hydrogen-bond acceptors (Lipinski definition) is 5. The highest BCUT2D eigenvalue weighted by Gasteiger charge is 2.10. The third-order valence-electron chi connectivity index (χ3n) is 3.06. The van der Waals surface area contributed by atoms with Crippen LogP contribution in [0.1, 0.15) is 11.5 Å². The minimum atomic E-state index is -0.435. The van der Waals surface area contributed by atoms with E-state index in [1.165, 1.54) is 12.1 Å². The highest BCUT2D eigenvalue weighted by molar-refractivity contribution is 6.30. The van der Waals surface area contributed by atoms with Crippen LogP contribution in [-0.2, 0) is 6.42 Å². The van der Waals surface area contributed by atoms with Crippen LogP contribution in [0.3, 0.4) is 0 Å². The fourth-order valence-corrected chi connectivity index (χ4v) is 2.07. The molecule has 0 radical (unpaired) electrons. The van der Waals surface area contributed by atoms with E-state index in [2.05, 4.69) is 10.2 Å². The van der Waals surface area contributed by atoms with Crippen molar-refractivity contribution in [3.05, 3.63) is 75.1 Å². The molecule has 0 atom stereocenters. The lowest BCUT2D eigenvalue weighted by Gasteiger charge is -1.97. The second-order valence-electron chi connectivity index (χ2n) is 4.61. The van der Waals surface area contributed by atoms with Crippen molar-refractivity contribution in [2.45, 2.75) is 6.42 Å². The SMILES string of the molecule is O=[N+]([O-])c1ccc(Cc2nnc(-c3ccc(Cl)cc3)o2)cc1. The summed E-state index contributed by atoms with van der Waals surface area (Å²) in [4.78, 5) is 10.2. The molecule has 0 bridgehead atoms. The standard InChI is InChI=1S/C15H10ClN3O3/c16-12-5-3-11(4-6-12)15-18-17-14(22-15)9-10-1-7-13(8-2-10)19(20)21/h1-8H,9H2. The van der Waals surface area contributed by atoms with Crippen molar-refractivity contribution >= 4 is 17.3 Å². The third-order valence-corrected chi connectivity index (χ3v) is 3.31. The van der Waals surface area contributed by atoms with Crippen molar-refractivity contribution in [1.82, 2.24) is 10.2 Å². The fraction of sp³-hybridized carbons (Fsp3) is 0.0667. The van der Waals surface area contributed by atoms with E-state index >= 15 is 0 Å². The molecule has 0 N–H and O–H groups in total. The summed E-state index contributed by atoms with van der Waals surface area (Å²) >= 11 is 5.83. The number of aromatic nitrogens is 2. The van der Waals surface area contributed by atoms with Gasteiger partial charge in [0.2, 0.25) is 11.8 Å². The Balaban J connectivity index is 1.76. The van der Waals surface area contributed by atoms with Crippen LogP contribution in [0.4, 0.5) is 5.69 Å². The first-order chi connectivity index (χ1) is 10.6. The van der Waals surface area contributed by atoms with Crippen molar-refractivity contribution in [2.75, 3.05) is 0 Å². The van der Waals surface area contributed by atoms with Gasteiger partial charge in [0.25, 0.3) is 5.69 Å². The van der Waals surface area contributed by atoms with Crippen LogP contribution in [0.2, 0.25) is 5.02 Å². The van der Waals surface area contributed by atoms with Gasteiger partial charge < -0.3 is 4.42 Å². The molecule has 0 aliphatic carbocycles. The second-order valence-corrected chi connectivity index (χ2v) is 5.04. The molecule has 2 aromatic carbocycles. The molecule has 0 amide bonds. The molecule has 1 aromatic heterocycles. The zero-order valence-corrected chi connectivity index (χ0v) is 12.0. The highest BCUT2D eigenvalue weighted by Crippen LogP contribution is 2.21. The molecular weight excluding hydrogens is 306 g/mol. The average molecular weight is 316 g/mol. The number of non-ortho nitro benzene ring substituents is 1. The van der Waals surface area contributed by atoms with Crippen molar-refractivity contribution in [2.24, 2.45) is 0 Å². The Morgan fingerprint density at radius 2 is 1.73 bits per heavy atom. The first kappa shape index (κ1) is 14.2. The molecule has 3 aromatic rings. The van der Waals surface area contributed by atoms with Crippen molar-refractivity contribution in [3.63, 3.8) is 0 Å². The van der Waals surface area contributed by atoms with Gasteiger partial charge in [-0.25, -0.2) is 0 Å². The maximum atomic E-state index is 10.6. The summed E-state index contributed by atoms with van der Waals surface area (Å²) < 4.78 is 5.59. The monoisotopic (exact) mass is 315 g/mol. The highest BCUT2D eigenvalue weighted by atomic mass is 35.5. The van der Waals surface area contributed by atoms with E-state index in [9.17, 15) is 10.1 Å². The van der Waals surface area contributed by atoms with Gasteiger partial charge >= 0.3 is 0 Å². The number of nitrogens with zero attached hydrogens (tertiary/aromatic N) is 3. The molecule has 0 saturated carbocycles. The zero-order chi connectivity index (χ0) is 15.5. The summed E-state index contributed by atoms with van der Waals surface area (Å²) in [6, 6.07) is 13.3. The van der Waals surface area contributed by atoms with Gasteiger partial charge in [0.05, 0.1) is 11.3 Å². The Labute approximate surface area is 130 Å². The molecule has 0 spiro atoms. The minimum Gasteiger partial charge on any atom is -0.420 e. The molecule has 0 saturated heterocycles. The smallest absolute Gasteiger partial charge is 0.269 e. The Hall–Kier alpha value is -2.73. The maximum Gasteiger partial charge on any atom is 0.269 e. The van der Waals surface area contributed by atoms with Crippen LogP contribution < -0.4 is 0 Å². The molecule has 0 aliphatic rings. The van der Waals surface area contributed by atoms with Gasteiger partial charge in [-0.05, 0) is 29.8 Å². The lowest BCUT2D eigenvalue weighted by molar-refractivity contribution is -0.384. The van der Waals surface area contributed by atoms with Gasteiger partial charge in [-0.3, -0.25) is 10.1 Å². The van der Waals surface area contributed by atoms with Gasteiger partial charge in [-0.2, -0.15) is 0 Å². The molecule has 110 valence electrons. The predicted molar refractivity (Wildman–Crippen MR) is 80.6 cm³/mol. The number of halogens is 1. The van der Waals surface area contributed by atoms with Crippen LogP contribution in [0.25, 0.3) is 11.5 Å². The van der Waals surface area contributed by atoms with Crippen LogP contribution in [-0.4, -0.2) is 15.1 Å². The van der Waals surface area contributed by atoms with Crippen LogP contribution in [0, 0.1) is 10.1 Å². The van der Waals surface area contributed by atoms with E-state index in [4.69, 9.17) is 16.0 Å². The van der Waals surface area contributed by atoms with Crippen molar-refractivity contribution in [3.8, 4) is 11.5 Å². The van der Waals surface area contributed by atoms with Gasteiger partial charge in [-0.1, -0.05) is 23.7 Å². The van der Waals surface area contributed by atoms with E-state index in [1.54, 1.807) is 36.4 Å². The number of benzene rings is 2. The van der Waals surface area contributed by atoms with Crippen LogP contribution in [0.15, 0.2) is 52.9 Å². The van der Waals surface area contributed by atoms with E-state index in [0.717, 1.165) is 11.1 Å². The van der Waals surface area contributed by atoms with Crippen LogP contribution in [0.5, 0.6) is 0 Å². The van der Waals surface area contributed by atoms with E-state index < -0.39 is 4.92 Å². The zero-order valence-electron chi connectivity index (χ0n) is 11.3. The second kappa shape index (κ2) is 5.95. The summed E-state index contributed by atoms with van der Waals surface area (Å²) in [5.74, 6) is 0.854. The van der Waals surface area contributed by atoms with E-state index in [1.807, 2.05) is 0 Å². The molecule has 1 heterocycles. The maximum absolute atomic E-state index is 10.6. The van der Waals surface area contributed by atoms with Gasteiger partial charge in [-0.15, -0.1) is 10.2 Å². The van der Waals surface area contributed by atoms with Crippen LogP contribution >= 0.6 is 11.6 Å². The van der Waals surface area contributed by atoms with E-state index in [-0.39, 0.29) is 5.69 Å². The van der Waals surface area contributed by atoms with Gasteiger partial charge in [0, 0.05) is 22.7 Å². The summed E-state index contributed by atoms with van der Waals surface area (Å²) in [5.41, 5.74) is 1.69. The number of nitro benzene ring substituents is 1. The topological polar surface area (TPSA) is 82.1 Å². The minimum absolute atomic E-state index is 0.0520. The Kier molecular flexibility index (Phi) is 3.84. The molecule has 7 heteroatoms. The lowest BCUT2D eigenvalue weighted by Crippen LogP contribution is -1.91. The molecular formula is C15H10ClN3O3. The number of hydrogen-bond donors (Lipinski definition) is 0. The van der Waals surface area contributed by atoms with Crippen molar-refractivity contribution < 1.29 is 9.34 Å². The van der Waals surface area contributed by atoms with Gasteiger partial charge in [0.1, 0.15) is 0 Å². The Bertz CT molecular complexity index is 798. The molecule has 0 aliphatic heterocycles. The first-order valence-corrected chi connectivity index (χ1v) is 6.81. The summed E-state index contributed by atoms with van der Waals surface area (Å²) in [7, 11) is 0.